The smallest absolute Gasteiger partial charge is 0.257 e. The predicted octanol–water partition coefficient (Wildman–Crippen LogP) is 1.14. The van der Waals surface area contributed by atoms with Crippen LogP contribution in [0.4, 0.5) is 8.78 Å². The van der Waals surface area contributed by atoms with E-state index in [1.54, 1.807) is 14.1 Å². The van der Waals surface area contributed by atoms with Gasteiger partial charge < -0.3 is 14.5 Å². The standard InChI is InChI=1S/C14H18F2N2O3/c1-17(2)12(19)9-18(7-8-21-3)14(20)10-5-4-6-11(15)13(10)16/h4-6H,7-9H2,1-3H3. The minimum absolute atomic E-state index is 0.102. The lowest BCUT2D eigenvalue weighted by Gasteiger charge is -2.23. The molecular weight excluding hydrogens is 282 g/mol. The van der Waals surface area contributed by atoms with Crippen LogP contribution in [0.5, 0.6) is 0 Å². The Hall–Kier alpha value is -2.02. The SMILES string of the molecule is COCCN(CC(=O)N(C)C)C(=O)c1cccc(F)c1F. The molecule has 0 saturated heterocycles. The second kappa shape index (κ2) is 7.68. The maximum Gasteiger partial charge on any atom is 0.257 e. The highest BCUT2D eigenvalue weighted by Crippen LogP contribution is 2.14. The van der Waals surface area contributed by atoms with Crippen molar-refractivity contribution in [3.8, 4) is 0 Å². The Morgan fingerprint density at radius 3 is 2.48 bits per heavy atom. The number of likely N-dealkylation sites (N-methyl/N-ethyl adjacent to an activating group) is 1. The van der Waals surface area contributed by atoms with Crippen molar-refractivity contribution in [1.29, 1.82) is 0 Å². The van der Waals surface area contributed by atoms with Gasteiger partial charge in [0.2, 0.25) is 5.91 Å². The summed E-state index contributed by atoms with van der Waals surface area (Å²) in [4.78, 5) is 26.4. The van der Waals surface area contributed by atoms with Crippen LogP contribution in [-0.2, 0) is 9.53 Å². The number of ether oxygens (including phenoxy) is 1. The lowest BCUT2D eigenvalue weighted by Crippen LogP contribution is -2.42. The molecule has 0 radical (unpaired) electrons. The van der Waals surface area contributed by atoms with Crippen molar-refractivity contribution in [3.63, 3.8) is 0 Å². The molecule has 21 heavy (non-hydrogen) atoms. The van der Waals surface area contributed by atoms with E-state index in [-0.39, 0.29) is 25.6 Å². The van der Waals surface area contributed by atoms with Crippen LogP contribution in [0.3, 0.4) is 0 Å². The predicted molar refractivity (Wildman–Crippen MR) is 72.8 cm³/mol. The second-order valence-electron chi connectivity index (χ2n) is 4.61. The number of amides is 2. The van der Waals surface area contributed by atoms with Crippen molar-refractivity contribution >= 4 is 11.8 Å². The number of hydrogen-bond acceptors (Lipinski definition) is 3. The summed E-state index contributed by atoms with van der Waals surface area (Å²) in [5, 5.41) is 0. The molecule has 0 heterocycles. The molecule has 0 N–H and O–H groups in total. The van der Waals surface area contributed by atoms with E-state index in [0.29, 0.717) is 0 Å². The Bertz CT molecular complexity index is 521. The highest BCUT2D eigenvalue weighted by molar-refractivity contribution is 5.96. The summed E-state index contributed by atoms with van der Waals surface area (Å²) in [5.41, 5.74) is -0.405. The molecule has 0 bridgehead atoms. The normalized spacial score (nSPS) is 10.3. The van der Waals surface area contributed by atoms with Crippen molar-refractivity contribution in [2.75, 3.05) is 40.9 Å². The molecule has 1 aromatic carbocycles. The van der Waals surface area contributed by atoms with Gasteiger partial charge in [-0.05, 0) is 12.1 Å². The molecular formula is C14H18F2N2O3. The van der Waals surface area contributed by atoms with Gasteiger partial charge in [-0.3, -0.25) is 9.59 Å². The first-order valence-electron chi connectivity index (χ1n) is 6.30. The highest BCUT2D eigenvalue weighted by Gasteiger charge is 2.23. The summed E-state index contributed by atoms with van der Waals surface area (Å²) in [6, 6.07) is 3.35. The molecule has 2 amide bonds. The van der Waals surface area contributed by atoms with E-state index in [2.05, 4.69) is 0 Å². The zero-order chi connectivity index (χ0) is 16.0. The van der Waals surface area contributed by atoms with Crippen LogP contribution in [0.15, 0.2) is 18.2 Å². The van der Waals surface area contributed by atoms with Gasteiger partial charge in [0.25, 0.3) is 5.91 Å². The van der Waals surface area contributed by atoms with Gasteiger partial charge in [0.15, 0.2) is 11.6 Å². The fourth-order valence-electron chi connectivity index (χ4n) is 1.60. The number of hydrogen-bond donors (Lipinski definition) is 0. The molecule has 0 spiro atoms. The van der Waals surface area contributed by atoms with Crippen LogP contribution in [0, 0.1) is 11.6 Å². The fraction of sp³-hybridized carbons (Fsp3) is 0.429. The molecule has 0 aliphatic rings. The van der Waals surface area contributed by atoms with Crippen LogP contribution < -0.4 is 0 Å². The van der Waals surface area contributed by atoms with Crippen molar-refractivity contribution in [1.82, 2.24) is 9.80 Å². The van der Waals surface area contributed by atoms with Crippen molar-refractivity contribution in [2.24, 2.45) is 0 Å². The van der Waals surface area contributed by atoms with Crippen LogP contribution >= 0.6 is 0 Å². The number of rotatable bonds is 6. The lowest BCUT2D eigenvalue weighted by atomic mass is 10.1. The Balaban J connectivity index is 2.98. The van der Waals surface area contributed by atoms with Gasteiger partial charge in [0.05, 0.1) is 12.2 Å². The second-order valence-corrected chi connectivity index (χ2v) is 4.61. The molecule has 1 rings (SSSR count). The van der Waals surface area contributed by atoms with Gasteiger partial charge in [-0.15, -0.1) is 0 Å². The molecule has 0 atom stereocenters. The number of benzene rings is 1. The first kappa shape index (κ1) is 17.0. The number of nitrogens with zero attached hydrogens (tertiary/aromatic N) is 2. The topological polar surface area (TPSA) is 49.9 Å². The average Bonchev–Trinajstić information content (AvgIpc) is 2.45. The summed E-state index contributed by atoms with van der Waals surface area (Å²) in [7, 11) is 4.54. The van der Waals surface area contributed by atoms with Gasteiger partial charge in [0, 0.05) is 27.7 Å². The third-order valence-electron chi connectivity index (χ3n) is 2.86. The molecule has 0 unspecified atom stereocenters. The minimum Gasteiger partial charge on any atom is -0.383 e. The average molecular weight is 300 g/mol. The third-order valence-corrected chi connectivity index (χ3v) is 2.86. The Labute approximate surface area is 122 Å². The number of methoxy groups -OCH3 is 1. The van der Waals surface area contributed by atoms with Gasteiger partial charge in [-0.25, -0.2) is 8.78 Å². The van der Waals surface area contributed by atoms with E-state index in [9.17, 15) is 18.4 Å². The molecule has 0 aromatic heterocycles. The monoisotopic (exact) mass is 300 g/mol. The lowest BCUT2D eigenvalue weighted by molar-refractivity contribution is -0.129. The maximum atomic E-state index is 13.7. The van der Waals surface area contributed by atoms with E-state index in [1.807, 2.05) is 0 Å². The quantitative estimate of drug-likeness (QED) is 0.791. The summed E-state index contributed by atoms with van der Waals surface area (Å²) in [6.45, 7) is 0.0550. The van der Waals surface area contributed by atoms with E-state index in [1.165, 1.54) is 24.1 Å². The molecule has 116 valence electrons. The van der Waals surface area contributed by atoms with Crippen LogP contribution in [-0.4, -0.2) is 62.5 Å². The molecule has 0 saturated carbocycles. The molecule has 0 aliphatic heterocycles. The number of carbonyl (C=O) groups is 2. The van der Waals surface area contributed by atoms with Crippen molar-refractivity contribution in [3.05, 3.63) is 35.4 Å². The van der Waals surface area contributed by atoms with Crippen LogP contribution in [0.2, 0.25) is 0 Å². The van der Waals surface area contributed by atoms with Gasteiger partial charge in [-0.2, -0.15) is 0 Å². The van der Waals surface area contributed by atoms with E-state index < -0.39 is 23.1 Å². The van der Waals surface area contributed by atoms with E-state index in [0.717, 1.165) is 11.0 Å². The number of carbonyl (C=O) groups excluding carboxylic acids is 2. The summed E-state index contributed by atoms with van der Waals surface area (Å²) in [6.07, 6.45) is 0. The van der Waals surface area contributed by atoms with Gasteiger partial charge in [-0.1, -0.05) is 6.07 Å². The first-order valence-corrected chi connectivity index (χ1v) is 6.30. The van der Waals surface area contributed by atoms with E-state index in [4.69, 9.17) is 4.74 Å². The first-order chi connectivity index (χ1) is 9.88. The zero-order valence-corrected chi connectivity index (χ0v) is 12.2. The summed E-state index contributed by atoms with van der Waals surface area (Å²) in [5.74, 6) is -3.40. The summed E-state index contributed by atoms with van der Waals surface area (Å²) >= 11 is 0. The van der Waals surface area contributed by atoms with Crippen LogP contribution in [0.1, 0.15) is 10.4 Å². The molecule has 7 heteroatoms. The Morgan fingerprint density at radius 1 is 1.24 bits per heavy atom. The molecule has 0 fully saturated rings. The van der Waals surface area contributed by atoms with E-state index >= 15 is 0 Å². The molecule has 1 aromatic rings. The molecule has 0 aliphatic carbocycles. The van der Waals surface area contributed by atoms with Crippen molar-refractivity contribution < 1.29 is 23.1 Å². The Kier molecular flexibility index (Phi) is 6.23. The third kappa shape index (κ3) is 4.49. The fourth-order valence-corrected chi connectivity index (χ4v) is 1.60. The zero-order valence-electron chi connectivity index (χ0n) is 12.2. The Morgan fingerprint density at radius 2 is 1.90 bits per heavy atom. The van der Waals surface area contributed by atoms with Crippen LogP contribution in [0.25, 0.3) is 0 Å². The minimum atomic E-state index is -1.22. The maximum absolute atomic E-state index is 13.7. The highest BCUT2D eigenvalue weighted by atomic mass is 19.2. The van der Waals surface area contributed by atoms with Gasteiger partial charge in [0.1, 0.15) is 6.54 Å². The summed E-state index contributed by atoms with van der Waals surface area (Å²) < 4.78 is 31.7. The number of halogens is 2. The van der Waals surface area contributed by atoms with Crippen molar-refractivity contribution in [2.45, 2.75) is 0 Å². The van der Waals surface area contributed by atoms with Gasteiger partial charge >= 0.3 is 0 Å². The largest absolute Gasteiger partial charge is 0.383 e. The molecule has 5 nitrogen and oxygen atoms in total.